The van der Waals surface area contributed by atoms with Crippen LogP contribution in [0.5, 0.6) is 0 Å². The molecule has 0 N–H and O–H groups in total. The predicted octanol–water partition coefficient (Wildman–Crippen LogP) is 3.64. The smallest absolute Gasteiger partial charge is 0.181 e. The van der Waals surface area contributed by atoms with E-state index >= 15 is 0 Å². The molecule has 0 fully saturated rings. The van der Waals surface area contributed by atoms with Crippen LogP contribution < -0.4 is 4.90 Å². The van der Waals surface area contributed by atoms with Gasteiger partial charge in [-0.25, -0.2) is 8.42 Å². The highest BCUT2D eigenvalue weighted by atomic mass is 32.2. The topological polar surface area (TPSA) is 37.4 Å². The summed E-state index contributed by atoms with van der Waals surface area (Å²) >= 11 is 0. The Morgan fingerprint density at radius 1 is 0.952 bits per heavy atom. The van der Waals surface area contributed by atoms with E-state index in [0.717, 1.165) is 11.4 Å². The highest BCUT2D eigenvalue weighted by molar-refractivity contribution is 7.91. The Morgan fingerprint density at radius 3 is 2.29 bits per heavy atom. The van der Waals surface area contributed by atoms with Gasteiger partial charge in [-0.3, -0.25) is 0 Å². The van der Waals surface area contributed by atoms with Crippen molar-refractivity contribution in [3.63, 3.8) is 0 Å². The molecular weight excluding hydrogens is 282 g/mol. The first-order valence-corrected chi connectivity index (χ1v) is 8.69. The highest BCUT2D eigenvalue weighted by Gasteiger charge is 2.36. The third-order valence-electron chi connectivity index (χ3n) is 3.73. The Morgan fingerprint density at radius 2 is 1.57 bits per heavy atom. The van der Waals surface area contributed by atoms with E-state index in [9.17, 15) is 8.42 Å². The van der Waals surface area contributed by atoms with Crippen molar-refractivity contribution in [3.05, 3.63) is 54.6 Å². The largest absolute Gasteiger partial charge is 0.340 e. The summed E-state index contributed by atoms with van der Waals surface area (Å²) in [6, 6.07) is 17.2. The van der Waals surface area contributed by atoms with Crippen LogP contribution in [0.3, 0.4) is 0 Å². The molecule has 0 saturated carbocycles. The van der Waals surface area contributed by atoms with E-state index in [-0.39, 0.29) is 11.2 Å². The third-order valence-corrected chi connectivity index (χ3v) is 5.90. The molecule has 21 heavy (non-hydrogen) atoms. The van der Waals surface area contributed by atoms with Gasteiger partial charge in [0.25, 0.3) is 0 Å². The van der Waals surface area contributed by atoms with Gasteiger partial charge in [0.15, 0.2) is 9.84 Å². The van der Waals surface area contributed by atoms with Crippen LogP contribution in [0.25, 0.3) is 0 Å². The van der Waals surface area contributed by atoms with Crippen LogP contribution in [0, 0.1) is 5.41 Å². The van der Waals surface area contributed by atoms with Crippen molar-refractivity contribution in [2.24, 2.45) is 5.41 Å². The second-order valence-electron chi connectivity index (χ2n) is 6.31. The molecule has 1 heterocycles. The minimum Gasteiger partial charge on any atom is -0.340 e. The number of hydrogen-bond acceptors (Lipinski definition) is 3. The van der Waals surface area contributed by atoms with Gasteiger partial charge < -0.3 is 4.90 Å². The molecule has 0 spiro atoms. The van der Waals surface area contributed by atoms with Crippen molar-refractivity contribution in [3.8, 4) is 0 Å². The van der Waals surface area contributed by atoms with Crippen molar-refractivity contribution < 1.29 is 8.42 Å². The summed E-state index contributed by atoms with van der Waals surface area (Å²) in [5, 5.41) is 0. The number of fused-ring (bicyclic) bond motifs is 1. The van der Waals surface area contributed by atoms with E-state index < -0.39 is 9.84 Å². The van der Waals surface area contributed by atoms with Gasteiger partial charge in [-0.1, -0.05) is 44.2 Å². The van der Waals surface area contributed by atoms with Gasteiger partial charge in [0.1, 0.15) is 0 Å². The molecule has 0 bridgehead atoms. The SMILES string of the molecule is CC1(C)CN(c2ccccc2)c2ccccc2S(=O)(=O)C1. The molecule has 0 amide bonds. The van der Waals surface area contributed by atoms with Crippen LogP contribution in [-0.4, -0.2) is 20.7 Å². The molecule has 1 aliphatic rings. The van der Waals surface area contributed by atoms with Crippen molar-refractivity contribution in [1.82, 2.24) is 0 Å². The highest BCUT2D eigenvalue weighted by Crippen LogP contribution is 2.39. The monoisotopic (exact) mass is 301 g/mol. The lowest BCUT2D eigenvalue weighted by atomic mass is 9.95. The lowest BCUT2D eigenvalue weighted by Crippen LogP contribution is -2.33. The first-order chi connectivity index (χ1) is 9.89. The minimum atomic E-state index is -3.27. The molecule has 4 heteroatoms. The lowest BCUT2D eigenvalue weighted by Gasteiger charge is -2.31. The Kier molecular flexibility index (Phi) is 3.29. The fourth-order valence-electron chi connectivity index (χ4n) is 2.93. The summed E-state index contributed by atoms with van der Waals surface area (Å²) < 4.78 is 25.3. The molecule has 2 aromatic rings. The molecule has 2 aromatic carbocycles. The minimum absolute atomic E-state index is 0.167. The maximum Gasteiger partial charge on any atom is 0.181 e. The average Bonchev–Trinajstić information content (AvgIpc) is 2.52. The molecule has 3 rings (SSSR count). The normalized spacial score (nSPS) is 19.6. The van der Waals surface area contributed by atoms with Gasteiger partial charge >= 0.3 is 0 Å². The maximum absolute atomic E-state index is 12.7. The second kappa shape index (κ2) is 4.88. The third kappa shape index (κ3) is 2.68. The number of sulfone groups is 1. The number of nitrogens with zero attached hydrogens (tertiary/aromatic N) is 1. The first kappa shape index (κ1) is 14.1. The van der Waals surface area contributed by atoms with Crippen molar-refractivity contribution >= 4 is 21.2 Å². The molecule has 1 aliphatic heterocycles. The Balaban J connectivity index is 2.24. The van der Waals surface area contributed by atoms with Gasteiger partial charge in [-0.2, -0.15) is 0 Å². The van der Waals surface area contributed by atoms with Crippen LogP contribution >= 0.6 is 0 Å². The van der Waals surface area contributed by atoms with Crippen LogP contribution in [0.1, 0.15) is 13.8 Å². The van der Waals surface area contributed by atoms with E-state index in [1.54, 1.807) is 12.1 Å². The van der Waals surface area contributed by atoms with E-state index in [1.165, 1.54) is 0 Å². The van der Waals surface area contributed by atoms with E-state index in [2.05, 4.69) is 4.90 Å². The van der Waals surface area contributed by atoms with Gasteiger partial charge in [0, 0.05) is 12.2 Å². The quantitative estimate of drug-likeness (QED) is 0.807. The fraction of sp³-hybridized carbons (Fsp3) is 0.294. The standard InChI is InChI=1S/C17H19NO2S/c1-17(2)12-18(14-8-4-3-5-9-14)15-10-6-7-11-16(15)21(19,20)13-17/h3-11H,12-13H2,1-2H3. The Hall–Kier alpha value is -1.81. The van der Waals surface area contributed by atoms with Gasteiger partial charge in [0.05, 0.1) is 16.3 Å². The molecule has 110 valence electrons. The second-order valence-corrected chi connectivity index (χ2v) is 8.27. The van der Waals surface area contributed by atoms with Gasteiger partial charge in [-0.15, -0.1) is 0 Å². The summed E-state index contributed by atoms with van der Waals surface area (Å²) in [4.78, 5) is 2.54. The zero-order valence-corrected chi connectivity index (χ0v) is 13.1. The van der Waals surface area contributed by atoms with Crippen molar-refractivity contribution in [2.75, 3.05) is 17.2 Å². The van der Waals surface area contributed by atoms with Crippen LogP contribution in [0.2, 0.25) is 0 Å². The summed E-state index contributed by atoms with van der Waals surface area (Å²) in [6.07, 6.45) is 0. The summed E-state index contributed by atoms with van der Waals surface area (Å²) in [7, 11) is -3.27. The van der Waals surface area contributed by atoms with E-state index in [4.69, 9.17) is 0 Å². The molecule has 0 saturated heterocycles. The fourth-order valence-corrected chi connectivity index (χ4v) is 4.99. The van der Waals surface area contributed by atoms with E-state index in [0.29, 0.717) is 11.4 Å². The Labute approximate surface area is 126 Å². The van der Waals surface area contributed by atoms with Crippen molar-refractivity contribution in [2.45, 2.75) is 18.7 Å². The van der Waals surface area contributed by atoms with Crippen LogP contribution in [0.4, 0.5) is 11.4 Å². The molecule has 0 aliphatic carbocycles. The zero-order chi connectivity index (χ0) is 15.1. The van der Waals surface area contributed by atoms with Gasteiger partial charge in [-0.05, 0) is 29.7 Å². The number of benzene rings is 2. The predicted molar refractivity (Wildman–Crippen MR) is 85.7 cm³/mol. The summed E-state index contributed by atoms with van der Waals surface area (Å²) in [5.41, 5.74) is 1.48. The van der Waals surface area contributed by atoms with Gasteiger partial charge in [0.2, 0.25) is 0 Å². The molecule has 0 radical (unpaired) electrons. The van der Waals surface area contributed by atoms with E-state index in [1.807, 2.05) is 56.3 Å². The average molecular weight is 301 g/mol. The molecule has 0 aromatic heterocycles. The number of anilines is 2. The molecule has 0 unspecified atom stereocenters. The summed E-state index contributed by atoms with van der Waals surface area (Å²) in [6.45, 7) is 4.69. The lowest BCUT2D eigenvalue weighted by molar-refractivity contribution is 0.426. The van der Waals surface area contributed by atoms with Crippen LogP contribution in [-0.2, 0) is 9.84 Å². The molecule has 3 nitrogen and oxygen atoms in total. The Bertz CT molecular complexity index is 751. The number of para-hydroxylation sites is 2. The molecule has 0 atom stereocenters. The number of rotatable bonds is 1. The zero-order valence-electron chi connectivity index (χ0n) is 12.3. The maximum atomic E-state index is 12.7. The summed E-state index contributed by atoms with van der Waals surface area (Å²) in [5.74, 6) is 0.167. The molecular formula is C17H19NO2S. The number of hydrogen-bond donors (Lipinski definition) is 0. The first-order valence-electron chi connectivity index (χ1n) is 7.03. The van der Waals surface area contributed by atoms with Crippen LogP contribution in [0.15, 0.2) is 59.5 Å². The van der Waals surface area contributed by atoms with Crippen molar-refractivity contribution in [1.29, 1.82) is 0 Å².